The number of fused-ring (bicyclic) bond motifs is 1. The van der Waals surface area contributed by atoms with Crippen molar-refractivity contribution in [3.8, 4) is 11.1 Å². The van der Waals surface area contributed by atoms with E-state index in [1.165, 1.54) is 6.33 Å². The Balaban J connectivity index is 2.34. The lowest BCUT2D eigenvalue weighted by atomic mass is 9.97. The summed E-state index contributed by atoms with van der Waals surface area (Å²) < 4.78 is 0. The van der Waals surface area contributed by atoms with Gasteiger partial charge in [-0.3, -0.25) is 4.79 Å². The van der Waals surface area contributed by atoms with E-state index >= 15 is 0 Å². The highest BCUT2D eigenvalue weighted by molar-refractivity contribution is 6.04. The first-order chi connectivity index (χ1) is 9.27. The first kappa shape index (κ1) is 11.3. The van der Waals surface area contributed by atoms with Gasteiger partial charge in [-0.2, -0.15) is 0 Å². The van der Waals surface area contributed by atoms with Gasteiger partial charge in [0.25, 0.3) is 0 Å². The fourth-order valence-corrected chi connectivity index (χ4v) is 2.16. The average molecular weight is 249 g/mol. The molecule has 3 rings (SSSR count). The number of benzene rings is 2. The van der Waals surface area contributed by atoms with Crippen molar-refractivity contribution in [1.82, 2.24) is 9.97 Å². The SMILES string of the molecule is NC(=O)c1ccccc1-c1cccc2cncnc12. The highest BCUT2D eigenvalue weighted by atomic mass is 16.1. The molecule has 0 spiro atoms. The minimum absolute atomic E-state index is 0.443. The summed E-state index contributed by atoms with van der Waals surface area (Å²) in [5, 5.41) is 0.930. The fourth-order valence-electron chi connectivity index (χ4n) is 2.16. The van der Waals surface area contributed by atoms with Gasteiger partial charge in [-0.25, -0.2) is 9.97 Å². The summed E-state index contributed by atoms with van der Waals surface area (Å²) >= 11 is 0. The maximum Gasteiger partial charge on any atom is 0.249 e. The van der Waals surface area contributed by atoms with Crippen molar-refractivity contribution < 1.29 is 4.79 Å². The molecule has 0 bridgehead atoms. The number of carbonyl (C=O) groups excluding carboxylic acids is 1. The number of rotatable bonds is 2. The Morgan fingerprint density at radius 2 is 1.79 bits per heavy atom. The Morgan fingerprint density at radius 3 is 2.63 bits per heavy atom. The third-order valence-electron chi connectivity index (χ3n) is 3.02. The molecule has 92 valence electrons. The van der Waals surface area contributed by atoms with Gasteiger partial charge in [0.1, 0.15) is 6.33 Å². The van der Waals surface area contributed by atoms with Crippen LogP contribution in [0.15, 0.2) is 55.0 Å². The predicted molar refractivity (Wildman–Crippen MR) is 73.5 cm³/mol. The first-order valence-corrected chi connectivity index (χ1v) is 5.85. The van der Waals surface area contributed by atoms with Crippen molar-refractivity contribution in [3.05, 3.63) is 60.6 Å². The van der Waals surface area contributed by atoms with Crippen molar-refractivity contribution in [2.75, 3.05) is 0 Å². The van der Waals surface area contributed by atoms with Crippen LogP contribution < -0.4 is 5.73 Å². The Labute approximate surface area is 109 Å². The van der Waals surface area contributed by atoms with Crippen molar-refractivity contribution in [1.29, 1.82) is 0 Å². The zero-order valence-electron chi connectivity index (χ0n) is 10.1. The highest BCUT2D eigenvalue weighted by Crippen LogP contribution is 2.29. The van der Waals surface area contributed by atoms with E-state index in [2.05, 4.69) is 9.97 Å². The van der Waals surface area contributed by atoms with Crippen LogP contribution in [0.5, 0.6) is 0 Å². The molecule has 0 aliphatic heterocycles. The van der Waals surface area contributed by atoms with Crippen molar-refractivity contribution in [2.45, 2.75) is 0 Å². The summed E-state index contributed by atoms with van der Waals surface area (Å²) in [6.45, 7) is 0. The lowest BCUT2D eigenvalue weighted by Gasteiger charge is -2.08. The summed E-state index contributed by atoms with van der Waals surface area (Å²) in [4.78, 5) is 19.8. The molecular formula is C15H11N3O. The fraction of sp³-hybridized carbons (Fsp3) is 0. The number of carbonyl (C=O) groups is 1. The summed E-state index contributed by atoms with van der Waals surface area (Å²) in [7, 11) is 0. The zero-order valence-corrected chi connectivity index (χ0v) is 10.1. The topological polar surface area (TPSA) is 68.9 Å². The summed E-state index contributed by atoms with van der Waals surface area (Å²) in [6, 6.07) is 13.0. The minimum Gasteiger partial charge on any atom is -0.366 e. The molecule has 3 aromatic rings. The molecule has 0 atom stereocenters. The second-order valence-electron chi connectivity index (χ2n) is 4.18. The van der Waals surface area contributed by atoms with E-state index in [0.29, 0.717) is 5.56 Å². The maximum atomic E-state index is 11.5. The predicted octanol–water partition coefficient (Wildman–Crippen LogP) is 2.40. The standard InChI is InChI=1S/C15H11N3O/c16-15(19)13-6-2-1-5-11(13)12-7-3-4-10-8-17-9-18-14(10)12/h1-9H,(H2,16,19). The average Bonchev–Trinajstić information content (AvgIpc) is 2.46. The van der Waals surface area contributed by atoms with E-state index in [0.717, 1.165) is 22.0 Å². The van der Waals surface area contributed by atoms with E-state index in [9.17, 15) is 4.79 Å². The Hall–Kier alpha value is -2.75. The number of aromatic nitrogens is 2. The lowest BCUT2D eigenvalue weighted by molar-refractivity contribution is 0.100. The Morgan fingerprint density at radius 1 is 1.00 bits per heavy atom. The van der Waals surface area contributed by atoms with Crippen LogP contribution in [0.2, 0.25) is 0 Å². The van der Waals surface area contributed by atoms with E-state index in [4.69, 9.17) is 5.73 Å². The molecule has 4 nitrogen and oxygen atoms in total. The van der Waals surface area contributed by atoms with Crippen molar-refractivity contribution in [2.24, 2.45) is 5.73 Å². The Bertz CT molecular complexity index is 763. The molecule has 0 saturated heterocycles. The molecular weight excluding hydrogens is 238 g/mol. The van der Waals surface area contributed by atoms with Crippen LogP contribution >= 0.6 is 0 Å². The van der Waals surface area contributed by atoms with Crippen molar-refractivity contribution in [3.63, 3.8) is 0 Å². The highest BCUT2D eigenvalue weighted by Gasteiger charge is 2.12. The largest absolute Gasteiger partial charge is 0.366 e. The van der Waals surface area contributed by atoms with Crippen LogP contribution in [0.3, 0.4) is 0 Å². The van der Waals surface area contributed by atoms with E-state index in [1.54, 1.807) is 18.3 Å². The van der Waals surface area contributed by atoms with Crippen LogP contribution in [0.25, 0.3) is 22.0 Å². The number of nitrogens with zero attached hydrogens (tertiary/aromatic N) is 2. The smallest absolute Gasteiger partial charge is 0.249 e. The number of para-hydroxylation sites is 1. The number of nitrogens with two attached hydrogens (primary N) is 1. The third kappa shape index (κ3) is 1.93. The van der Waals surface area contributed by atoms with Crippen LogP contribution in [0.1, 0.15) is 10.4 Å². The lowest BCUT2D eigenvalue weighted by Crippen LogP contribution is -2.12. The molecule has 0 aliphatic rings. The third-order valence-corrected chi connectivity index (χ3v) is 3.02. The van der Waals surface area contributed by atoms with Gasteiger partial charge in [0, 0.05) is 22.7 Å². The van der Waals surface area contributed by atoms with Gasteiger partial charge in [-0.15, -0.1) is 0 Å². The van der Waals surface area contributed by atoms with E-state index < -0.39 is 5.91 Å². The van der Waals surface area contributed by atoms with Crippen molar-refractivity contribution >= 4 is 16.8 Å². The molecule has 0 radical (unpaired) electrons. The van der Waals surface area contributed by atoms with Crippen LogP contribution in [0.4, 0.5) is 0 Å². The van der Waals surface area contributed by atoms with Gasteiger partial charge >= 0.3 is 0 Å². The Kier molecular flexibility index (Phi) is 2.68. The molecule has 2 aromatic carbocycles. The number of primary amides is 1. The van der Waals surface area contributed by atoms with Crippen LogP contribution in [-0.2, 0) is 0 Å². The second-order valence-corrected chi connectivity index (χ2v) is 4.18. The molecule has 0 fully saturated rings. The van der Waals surface area contributed by atoms with Gasteiger partial charge in [0.15, 0.2) is 0 Å². The van der Waals surface area contributed by atoms with Gasteiger partial charge < -0.3 is 5.73 Å². The second kappa shape index (κ2) is 4.49. The molecule has 0 aliphatic carbocycles. The number of amides is 1. The van der Waals surface area contributed by atoms with Gasteiger partial charge in [-0.1, -0.05) is 36.4 Å². The maximum absolute atomic E-state index is 11.5. The molecule has 1 amide bonds. The molecule has 2 N–H and O–H groups in total. The minimum atomic E-state index is -0.443. The van der Waals surface area contributed by atoms with Gasteiger partial charge in [0.2, 0.25) is 5.91 Å². The van der Waals surface area contributed by atoms with Crippen LogP contribution in [-0.4, -0.2) is 15.9 Å². The summed E-state index contributed by atoms with van der Waals surface area (Å²) in [6.07, 6.45) is 3.25. The zero-order chi connectivity index (χ0) is 13.2. The quantitative estimate of drug-likeness (QED) is 0.758. The van der Waals surface area contributed by atoms with Crippen LogP contribution in [0, 0.1) is 0 Å². The summed E-state index contributed by atoms with van der Waals surface area (Å²) in [5.74, 6) is -0.443. The molecule has 4 heteroatoms. The molecule has 19 heavy (non-hydrogen) atoms. The van der Waals surface area contributed by atoms with E-state index in [1.807, 2.05) is 30.3 Å². The summed E-state index contributed by atoms with van der Waals surface area (Å²) in [5.41, 5.74) is 8.40. The molecule has 1 heterocycles. The first-order valence-electron chi connectivity index (χ1n) is 5.85. The molecule has 1 aromatic heterocycles. The van der Waals surface area contributed by atoms with Gasteiger partial charge in [0.05, 0.1) is 5.52 Å². The normalized spacial score (nSPS) is 10.5. The van der Waals surface area contributed by atoms with E-state index in [-0.39, 0.29) is 0 Å². The van der Waals surface area contributed by atoms with Gasteiger partial charge in [-0.05, 0) is 11.6 Å². The monoisotopic (exact) mass is 249 g/mol. The molecule has 0 saturated carbocycles. The molecule has 0 unspecified atom stereocenters. The number of hydrogen-bond acceptors (Lipinski definition) is 3. The number of hydrogen-bond donors (Lipinski definition) is 1.